The van der Waals surface area contributed by atoms with Crippen molar-refractivity contribution >= 4 is 10.9 Å². The van der Waals surface area contributed by atoms with Crippen LogP contribution in [0.2, 0.25) is 0 Å². The zero-order chi connectivity index (χ0) is 17.8. The molecule has 25 heavy (non-hydrogen) atoms. The smallest absolute Gasteiger partial charge is 0.172 e. The monoisotopic (exact) mass is 359 g/mol. The summed E-state index contributed by atoms with van der Waals surface area (Å²) in [6.45, 7) is 0. The first-order chi connectivity index (χ1) is 12.1. The first kappa shape index (κ1) is 17.3. The largest absolute Gasteiger partial charge is 0.497 e. The molecule has 128 valence electrons. The number of methoxy groups -OCH3 is 2. The van der Waals surface area contributed by atoms with Crippen molar-refractivity contribution in [3.63, 3.8) is 0 Å². The van der Waals surface area contributed by atoms with Crippen LogP contribution < -0.4 is 9.47 Å². The van der Waals surface area contributed by atoms with Crippen LogP contribution in [0.5, 0.6) is 11.5 Å². The topological polar surface area (TPSA) is 18.5 Å². The molecule has 0 fully saturated rings. The molecule has 0 aromatic heterocycles. The highest BCUT2D eigenvalue weighted by Gasteiger charge is 2.30. The van der Waals surface area contributed by atoms with Gasteiger partial charge >= 0.3 is 0 Å². The van der Waals surface area contributed by atoms with Gasteiger partial charge < -0.3 is 9.47 Å². The zero-order valence-corrected chi connectivity index (χ0v) is 14.6. The molecule has 0 aliphatic heterocycles. The summed E-state index contributed by atoms with van der Waals surface area (Å²) in [5.41, 5.74) is 0. The number of hydrogen-bond donors (Lipinski definition) is 0. The second-order valence-corrected chi connectivity index (χ2v) is 7.30. The Bertz CT molecular complexity index is 815. The Morgan fingerprint density at radius 2 is 1.12 bits per heavy atom. The quantitative estimate of drug-likeness (QED) is 0.592. The third kappa shape index (κ3) is 3.94. The highest BCUT2D eigenvalue weighted by atomic mass is 32.2. The molecule has 0 saturated carbocycles. The fourth-order valence-corrected chi connectivity index (χ4v) is 4.69. The maximum atomic E-state index is 13.8. The molecule has 3 aromatic rings. The van der Waals surface area contributed by atoms with Gasteiger partial charge in [0.25, 0.3) is 0 Å². The lowest BCUT2D eigenvalue weighted by Crippen LogP contribution is -2.06. The van der Waals surface area contributed by atoms with E-state index in [1.54, 1.807) is 14.2 Å². The van der Waals surface area contributed by atoms with Crippen LogP contribution in [-0.4, -0.2) is 14.2 Å². The summed E-state index contributed by atoms with van der Waals surface area (Å²) in [6, 6.07) is 18.6. The summed E-state index contributed by atoms with van der Waals surface area (Å²) in [5, 5.41) is 0. The summed E-state index contributed by atoms with van der Waals surface area (Å²) >= 11 is 0. The van der Waals surface area contributed by atoms with Crippen molar-refractivity contribution in [2.45, 2.75) is 14.7 Å². The lowest BCUT2D eigenvalue weighted by Gasteiger charge is -2.10. The third-order valence-electron chi connectivity index (χ3n) is 3.63. The molecule has 3 aromatic carbocycles. The number of hydrogen-bond acceptors (Lipinski definition) is 2. The Balaban J connectivity index is 2.19. The van der Waals surface area contributed by atoms with Crippen molar-refractivity contribution in [3.05, 3.63) is 78.4 Å². The summed E-state index contributed by atoms with van der Waals surface area (Å²) < 4.78 is 38.3. The van der Waals surface area contributed by atoms with Gasteiger partial charge in [0, 0.05) is 30.3 Å². The molecular formula is C20H17F2O2S+. The van der Waals surface area contributed by atoms with Gasteiger partial charge in [0.15, 0.2) is 14.7 Å². The van der Waals surface area contributed by atoms with Crippen LogP contribution in [0.25, 0.3) is 0 Å². The van der Waals surface area contributed by atoms with Crippen molar-refractivity contribution in [2.24, 2.45) is 0 Å². The molecular weight excluding hydrogens is 342 g/mol. The number of benzene rings is 3. The van der Waals surface area contributed by atoms with Crippen LogP contribution in [-0.2, 0) is 10.9 Å². The lowest BCUT2D eigenvalue weighted by molar-refractivity contribution is 0.413. The van der Waals surface area contributed by atoms with Crippen LogP contribution in [0, 0.1) is 11.6 Å². The summed E-state index contributed by atoms with van der Waals surface area (Å²) in [5.74, 6) is 0.182. The highest BCUT2D eigenvalue weighted by Crippen LogP contribution is 2.35. The Morgan fingerprint density at radius 3 is 1.56 bits per heavy atom. The van der Waals surface area contributed by atoms with Crippen LogP contribution >= 0.6 is 0 Å². The number of halogens is 2. The van der Waals surface area contributed by atoms with Crippen LogP contribution in [0.4, 0.5) is 8.78 Å². The molecule has 0 N–H and O–H groups in total. The van der Waals surface area contributed by atoms with E-state index in [-0.39, 0.29) is 0 Å². The van der Waals surface area contributed by atoms with Gasteiger partial charge in [-0.3, -0.25) is 0 Å². The predicted octanol–water partition coefficient (Wildman–Crippen LogP) is 5.08. The fraction of sp³-hybridized carbons (Fsp3) is 0.100. The van der Waals surface area contributed by atoms with E-state index >= 15 is 0 Å². The van der Waals surface area contributed by atoms with Gasteiger partial charge in [-0.2, -0.15) is 0 Å². The standard InChI is InChI=1S/C20H17F2O2S/c1-23-16-5-3-7-18(12-16)25(19-8-4-6-17(13-19)24-2)20-10-14(21)9-15(22)11-20/h3-13H,1-2H3/q+1. The second kappa shape index (κ2) is 7.57. The second-order valence-electron chi connectivity index (χ2n) is 5.27. The van der Waals surface area contributed by atoms with E-state index in [4.69, 9.17) is 9.47 Å². The maximum Gasteiger partial charge on any atom is 0.172 e. The summed E-state index contributed by atoms with van der Waals surface area (Å²) in [4.78, 5) is 2.36. The van der Waals surface area contributed by atoms with Crippen LogP contribution in [0.1, 0.15) is 0 Å². The predicted molar refractivity (Wildman–Crippen MR) is 94.5 cm³/mol. The van der Waals surface area contributed by atoms with E-state index in [1.165, 1.54) is 12.1 Å². The molecule has 3 rings (SSSR count). The van der Waals surface area contributed by atoms with E-state index in [0.29, 0.717) is 16.4 Å². The highest BCUT2D eigenvalue weighted by molar-refractivity contribution is 7.97. The molecule has 0 radical (unpaired) electrons. The van der Waals surface area contributed by atoms with Crippen molar-refractivity contribution in [3.8, 4) is 11.5 Å². The number of rotatable bonds is 5. The normalized spacial score (nSPS) is 10.8. The molecule has 0 aliphatic carbocycles. The van der Waals surface area contributed by atoms with Gasteiger partial charge in [-0.25, -0.2) is 8.78 Å². The zero-order valence-electron chi connectivity index (χ0n) is 13.8. The summed E-state index contributed by atoms with van der Waals surface area (Å²) in [7, 11) is 2.48. The van der Waals surface area contributed by atoms with Gasteiger partial charge in [-0.1, -0.05) is 12.1 Å². The minimum Gasteiger partial charge on any atom is -0.497 e. The third-order valence-corrected chi connectivity index (χ3v) is 5.78. The van der Waals surface area contributed by atoms with Gasteiger partial charge in [0.1, 0.15) is 23.1 Å². The maximum absolute atomic E-state index is 13.8. The lowest BCUT2D eigenvalue weighted by atomic mass is 10.3. The van der Waals surface area contributed by atoms with Gasteiger partial charge in [-0.05, 0) is 24.3 Å². The molecule has 0 spiro atoms. The Labute approximate surface area is 148 Å². The van der Waals surface area contributed by atoms with Crippen LogP contribution in [0.3, 0.4) is 0 Å². The molecule has 5 heteroatoms. The van der Waals surface area contributed by atoms with Crippen molar-refractivity contribution in [1.82, 2.24) is 0 Å². The minimum atomic E-state index is -0.699. The molecule has 0 atom stereocenters. The van der Waals surface area contributed by atoms with Crippen LogP contribution in [0.15, 0.2) is 81.4 Å². The molecule has 2 nitrogen and oxygen atoms in total. The Kier molecular flexibility index (Phi) is 5.24. The SMILES string of the molecule is COc1cccc([S+](c2cc(F)cc(F)c2)c2cccc(OC)c2)c1. The van der Waals surface area contributed by atoms with E-state index in [0.717, 1.165) is 15.9 Å². The van der Waals surface area contributed by atoms with Crippen molar-refractivity contribution in [1.29, 1.82) is 0 Å². The van der Waals surface area contributed by atoms with Gasteiger partial charge in [-0.15, -0.1) is 0 Å². The Morgan fingerprint density at radius 1 is 0.640 bits per heavy atom. The van der Waals surface area contributed by atoms with E-state index in [1.807, 2.05) is 48.5 Å². The first-order valence-electron chi connectivity index (χ1n) is 7.59. The fourth-order valence-electron chi connectivity index (χ4n) is 2.51. The molecule has 0 bridgehead atoms. The average Bonchev–Trinajstić information content (AvgIpc) is 2.61. The molecule has 0 amide bonds. The van der Waals surface area contributed by atoms with E-state index in [9.17, 15) is 8.78 Å². The van der Waals surface area contributed by atoms with Crippen molar-refractivity contribution in [2.75, 3.05) is 14.2 Å². The summed E-state index contributed by atoms with van der Waals surface area (Å²) in [6.07, 6.45) is 0. The molecule has 0 aliphatic rings. The van der Waals surface area contributed by atoms with Gasteiger partial charge in [0.2, 0.25) is 0 Å². The average molecular weight is 359 g/mol. The van der Waals surface area contributed by atoms with Crippen molar-refractivity contribution < 1.29 is 18.3 Å². The Hall–Kier alpha value is -2.53. The molecule has 0 heterocycles. The minimum absolute atomic E-state index is 0.555. The molecule has 0 unspecified atom stereocenters. The molecule has 0 saturated heterocycles. The number of ether oxygens (including phenoxy) is 2. The van der Waals surface area contributed by atoms with E-state index in [2.05, 4.69) is 0 Å². The first-order valence-corrected chi connectivity index (χ1v) is 8.81. The van der Waals surface area contributed by atoms with E-state index < -0.39 is 22.5 Å². The van der Waals surface area contributed by atoms with Gasteiger partial charge in [0.05, 0.1) is 25.1 Å².